The van der Waals surface area contributed by atoms with E-state index >= 15 is 0 Å². The van der Waals surface area contributed by atoms with Gasteiger partial charge >= 0.3 is 0 Å². The lowest BCUT2D eigenvalue weighted by atomic mass is 10.1. The van der Waals surface area contributed by atoms with E-state index in [1.165, 1.54) is 6.92 Å². The molecule has 1 rings (SSSR count). The van der Waals surface area contributed by atoms with Gasteiger partial charge in [0, 0.05) is 17.3 Å². The number of rotatable bonds is 3. The van der Waals surface area contributed by atoms with Crippen molar-refractivity contribution in [3.8, 4) is 0 Å². The van der Waals surface area contributed by atoms with Crippen molar-refractivity contribution in [3.05, 3.63) is 28.8 Å². The molecule has 2 nitrogen and oxygen atoms in total. The molecule has 0 radical (unpaired) electrons. The van der Waals surface area contributed by atoms with Crippen molar-refractivity contribution in [2.45, 2.75) is 26.8 Å². The van der Waals surface area contributed by atoms with Crippen LogP contribution >= 0.6 is 11.6 Å². The molecule has 0 unspecified atom stereocenters. The Balaban J connectivity index is 3.00. The summed E-state index contributed by atoms with van der Waals surface area (Å²) in [6, 6.07) is 5.73. The summed E-state index contributed by atoms with van der Waals surface area (Å²) in [4.78, 5) is 11.2. The molecular formula is C11H14ClNO. The van der Waals surface area contributed by atoms with E-state index in [4.69, 9.17) is 11.6 Å². The van der Waals surface area contributed by atoms with Gasteiger partial charge in [-0.05, 0) is 39.0 Å². The minimum absolute atomic E-state index is 0.0117. The lowest BCUT2D eigenvalue weighted by Gasteiger charge is -2.11. The van der Waals surface area contributed by atoms with Crippen molar-refractivity contribution in [3.63, 3.8) is 0 Å². The molecule has 0 aliphatic carbocycles. The third-order valence-electron chi connectivity index (χ3n) is 1.80. The van der Waals surface area contributed by atoms with Crippen LogP contribution in [0.2, 0.25) is 5.02 Å². The van der Waals surface area contributed by atoms with Crippen LogP contribution in [0.4, 0.5) is 5.69 Å². The van der Waals surface area contributed by atoms with Gasteiger partial charge in [0.15, 0.2) is 5.78 Å². The van der Waals surface area contributed by atoms with Crippen LogP contribution in [-0.2, 0) is 0 Å². The number of carbonyl (C=O) groups excluding carboxylic acids is 1. The highest BCUT2D eigenvalue weighted by atomic mass is 35.5. The normalized spacial score (nSPS) is 10.4. The van der Waals surface area contributed by atoms with Gasteiger partial charge in [0.05, 0.1) is 5.02 Å². The first-order chi connectivity index (χ1) is 6.50. The van der Waals surface area contributed by atoms with Crippen molar-refractivity contribution in [2.75, 3.05) is 5.32 Å². The van der Waals surface area contributed by atoms with E-state index in [0.29, 0.717) is 16.6 Å². The molecule has 0 heterocycles. The van der Waals surface area contributed by atoms with Crippen LogP contribution in [-0.4, -0.2) is 11.8 Å². The fraction of sp³-hybridized carbons (Fsp3) is 0.364. The van der Waals surface area contributed by atoms with Crippen molar-refractivity contribution < 1.29 is 4.79 Å². The predicted octanol–water partition coefficient (Wildman–Crippen LogP) is 3.36. The molecule has 76 valence electrons. The minimum atomic E-state index is -0.0117. The molecule has 1 aromatic rings. The monoisotopic (exact) mass is 211 g/mol. The number of Topliss-reactive ketones (excluding diaryl/α,β-unsaturated/α-hetero) is 1. The van der Waals surface area contributed by atoms with Crippen LogP contribution in [0.5, 0.6) is 0 Å². The highest BCUT2D eigenvalue weighted by molar-refractivity contribution is 6.34. The summed E-state index contributed by atoms with van der Waals surface area (Å²) in [6.07, 6.45) is 0. The number of halogens is 1. The van der Waals surface area contributed by atoms with Crippen molar-refractivity contribution >= 4 is 23.1 Å². The van der Waals surface area contributed by atoms with E-state index in [-0.39, 0.29) is 5.78 Å². The second-order valence-electron chi connectivity index (χ2n) is 3.55. The van der Waals surface area contributed by atoms with Crippen molar-refractivity contribution in [1.82, 2.24) is 0 Å². The van der Waals surface area contributed by atoms with E-state index in [2.05, 4.69) is 5.32 Å². The Morgan fingerprint density at radius 1 is 1.43 bits per heavy atom. The van der Waals surface area contributed by atoms with Gasteiger partial charge in [-0.1, -0.05) is 11.6 Å². The molecule has 1 aromatic carbocycles. The Kier molecular flexibility index (Phi) is 3.53. The molecule has 0 amide bonds. The van der Waals surface area contributed by atoms with Gasteiger partial charge in [-0.25, -0.2) is 0 Å². The second kappa shape index (κ2) is 4.47. The van der Waals surface area contributed by atoms with Gasteiger partial charge in [-0.15, -0.1) is 0 Å². The lowest BCUT2D eigenvalue weighted by Crippen LogP contribution is -2.10. The summed E-state index contributed by atoms with van der Waals surface area (Å²) in [5, 5.41) is 3.72. The fourth-order valence-electron chi connectivity index (χ4n) is 1.22. The van der Waals surface area contributed by atoms with Crippen molar-refractivity contribution in [1.29, 1.82) is 0 Å². The maximum Gasteiger partial charge on any atom is 0.161 e. The number of carbonyl (C=O) groups is 1. The Labute approximate surface area is 89.3 Å². The van der Waals surface area contributed by atoms with Crippen LogP contribution in [0.3, 0.4) is 0 Å². The Bertz CT molecular complexity index is 347. The number of hydrogen-bond acceptors (Lipinski definition) is 2. The highest BCUT2D eigenvalue weighted by Gasteiger charge is 2.06. The zero-order valence-corrected chi connectivity index (χ0v) is 9.35. The summed E-state index contributed by atoms with van der Waals surface area (Å²) < 4.78 is 0. The average molecular weight is 212 g/mol. The summed E-state index contributed by atoms with van der Waals surface area (Å²) in [7, 11) is 0. The quantitative estimate of drug-likeness (QED) is 0.777. The molecule has 0 atom stereocenters. The third-order valence-corrected chi connectivity index (χ3v) is 2.13. The molecule has 0 aromatic heterocycles. The second-order valence-corrected chi connectivity index (χ2v) is 3.96. The standard InChI is InChI=1S/C11H14ClNO/c1-7(2)13-9-4-5-11(12)10(6-9)8(3)14/h4-7,13H,1-3H3. The largest absolute Gasteiger partial charge is 0.383 e. The van der Waals surface area contributed by atoms with Crippen LogP contribution in [0.1, 0.15) is 31.1 Å². The molecule has 3 heteroatoms. The smallest absolute Gasteiger partial charge is 0.161 e. The number of ketones is 1. The molecular weight excluding hydrogens is 198 g/mol. The molecule has 0 aliphatic rings. The first-order valence-corrected chi connectivity index (χ1v) is 4.95. The summed E-state index contributed by atoms with van der Waals surface area (Å²) in [5.74, 6) is -0.0117. The Hall–Kier alpha value is -1.02. The maximum absolute atomic E-state index is 11.2. The molecule has 0 spiro atoms. The first-order valence-electron chi connectivity index (χ1n) is 4.57. The molecule has 0 aliphatic heterocycles. The zero-order valence-electron chi connectivity index (χ0n) is 8.60. The molecule has 0 fully saturated rings. The zero-order chi connectivity index (χ0) is 10.7. The van der Waals surface area contributed by atoms with Crippen LogP contribution in [0.15, 0.2) is 18.2 Å². The molecule has 0 bridgehead atoms. The highest BCUT2D eigenvalue weighted by Crippen LogP contribution is 2.21. The minimum Gasteiger partial charge on any atom is -0.383 e. The third kappa shape index (κ3) is 2.74. The Morgan fingerprint density at radius 2 is 2.07 bits per heavy atom. The van der Waals surface area contributed by atoms with Gasteiger partial charge in [-0.3, -0.25) is 4.79 Å². The number of nitrogens with one attached hydrogen (secondary N) is 1. The van der Waals surface area contributed by atoms with Gasteiger partial charge < -0.3 is 5.32 Å². The predicted molar refractivity (Wildman–Crippen MR) is 60.2 cm³/mol. The SMILES string of the molecule is CC(=O)c1cc(NC(C)C)ccc1Cl. The van der Waals surface area contributed by atoms with Gasteiger partial charge in [0.2, 0.25) is 0 Å². The van der Waals surface area contributed by atoms with Gasteiger partial charge in [0.1, 0.15) is 0 Å². The van der Waals surface area contributed by atoms with Crippen LogP contribution < -0.4 is 5.32 Å². The number of anilines is 1. The van der Waals surface area contributed by atoms with Crippen LogP contribution in [0, 0.1) is 0 Å². The Morgan fingerprint density at radius 3 is 2.57 bits per heavy atom. The number of hydrogen-bond donors (Lipinski definition) is 1. The number of benzene rings is 1. The first kappa shape index (κ1) is 11.1. The lowest BCUT2D eigenvalue weighted by molar-refractivity contribution is 0.101. The van der Waals surface area contributed by atoms with E-state index < -0.39 is 0 Å². The van der Waals surface area contributed by atoms with E-state index in [9.17, 15) is 4.79 Å². The summed E-state index contributed by atoms with van der Waals surface area (Å²) in [5.41, 5.74) is 1.49. The summed E-state index contributed by atoms with van der Waals surface area (Å²) in [6.45, 7) is 5.60. The van der Waals surface area contributed by atoms with Crippen molar-refractivity contribution in [2.24, 2.45) is 0 Å². The van der Waals surface area contributed by atoms with Gasteiger partial charge in [-0.2, -0.15) is 0 Å². The molecule has 14 heavy (non-hydrogen) atoms. The fourth-order valence-corrected chi connectivity index (χ4v) is 1.47. The molecule has 0 saturated heterocycles. The van der Waals surface area contributed by atoms with Crippen LogP contribution in [0.25, 0.3) is 0 Å². The van der Waals surface area contributed by atoms with E-state index in [1.807, 2.05) is 19.9 Å². The van der Waals surface area contributed by atoms with E-state index in [0.717, 1.165) is 5.69 Å². The average Bonchev–Trinajstić information content (AvgIpc) is 2.07. The summed E-state index contributed by atoms with van der Waals surface area (Å²) >= 11 is 5.88. The topological polar surface area (TPSA) is 29.1 Å². The van der Waals surface area contributed by atoms with E-state index in [1.54, 1.807) is 12.1 Å². The van der Waals surface area contributed by atoms with Gasteiger partial charge in [0.25, 0.3) is 0 Å². The molecule has 0 saturated carbocycles. The molecule has 1 N–H and O–H groups in total. The maximum atomic E-state index is 11.2.